The van der Waals surface area contributed by atoms with Crippen LogP contribution in [0.1, 0.15) is 44.3 Å². The Balaban J connectivity index is 1.91. The molecule has 102 valence electrons. The number of hydrogen-bond acceptors (Lipinski definition) is 4. The van der Waals surface area contributed by atoms with Crippen LogP contribution in [0.25, 0.3) is 11.6 Å². The Kier molecular flexibility index (Phi) is 3.38. The maximum atomic E-state index is 9.84. The van der Waals surface area contributed by atoms with Gasteiger partial charge in [0.2, 0.25) is 5.82 Å². The maximum absolute atomic E-state index is 9.84. The van der Waals surface area contributed by atoms with Crippen LogP contribution in [0.3, 0.4) is 0 Å². The minimum atomic E-state index is -0.370. The second kappa shape index (κ2) is 5.17. The first-order valence-corrected chi connectivity index (χ1v) is 6.94. The molecular weight excluding hydrogens is 242 g/mol. The quantitative estimate of drug-likeness (QED) is 0.898. The molecule has 1 atom stereocenters. The Labute approximate surface area is 112 Å². The van der Waals surface area contributed by atoms with Gasteiger partial charge in [0, 0.05) is 5.92 Å². The van der Waals surface area contributed by atoms with Crippen molar-refractivity contribution in [2.75, 3.05) is 0 Å². The summed E-state index contributed by atoms with van der Waals surface area (Å²) in [7, 11) is 0. The van der Waals surface area contributed by atoms with Crippen molar-refractivity contribution in [1.82, 2.24) is 14.8 Å². The van der Waals surface area contributed by atoms with Crippen LogP contribution in [0.2, 0.25) is 0 Å². The molecule has 3 rings (SSSR count). The van der Waals surface area contributed by atoms with Gasteiger partial charge in [0.15, 0.2) is 5.76 Å². The molecule has 2 aromatic heterocycles. The van der Waals surface area contributed by atoms with E-state index in [0.717, 1.165) is 12.2 Å². The minimum Gasteiger partial charge on any atom is -0.461 e. The highest BCUT2D eigenvalue weighted by molar-refractivity contribution is 5.45. The summed E-state index contributed by atoms with van der Waals surface area (Å²) in [4.78, 5) is 4.61. The van der Waals surface area contributed by atoms with Gasteiger partial charge in [-0.15, -0.1) is 5.10 Å². The number of nitrogens with zero attached hydrogens (tertiary/aromatic N) is 3. The smallest absolute Gasteiger partial charge is 0.217 e. The van der Waals surface area contributed by atoms with Crippen LogP contribution in [0.4, 0.5) is 0 Å². The summed E-state index contributed by atoms with van der Waals surface area (Å²) in [6, 6.07) is 3.69. The van der Waals surface area contributed by atoms with Gasteiger partial charge >= 0.3 is 0 Å². The van der Waals surface area contributed by atoms with Gasteiger partial charge < -0.3 is 9.52 Å². The molecule has 5 nitrogen and oxygen atoms in total. The summed E-state index contributed by atoms with van der Waals surface area (Å²) < 4.78 is 7.21. The first kappa shape index (κ1) is 12.4. The highest BCUT2D eigenvalue weighted by atomic mass is 16.3. The first-order chi connectivity index (χ1) is 9.28. The molecule has 0 amide bonds. The van der Waals surface area contributed by atoms with Crippen molar-refractivity contribution in [2.24, 2.45) is 0 Å². The molecule has 0 bridgehead atoms. The van der Waals surface area contributed by atoms with E-state index in [9.17, 15) is 5.11 Å². The lowest BCUT2D eigenvalue weighted by molar-refractivity contribution is 0.142. The molecular formula is C14H19N3O2. The van der Waals surface area contributed by atoms with E-state index in [-0.39, 0.29) is 6.10 Å². The monoisotopic (exact) mass is 261 g/mol. The van der Waals surface area contributed by atoms with Crippen LogP contribution in [-0.2, 0) is 6.54 Å². The van der Waals surface area contributed by atoms with Gasteiger partial charge in [-0.2, -0.15) is 0 Å². The molecule has 0 unspecified atom stereocenters. The van der Waals surface area contributed by atoms with E-state index >= 15 is 0 Å². The van der Waals surface area contributed by atoms with Gasteiger partial charge in [-0.3, -0.25) is 0 Å². The van der Waals surface area contributed by atoms with Crippen molar-refractivity contribution in [2.45, 2.75) is 51.2 Å². The predicted octanol–water partition coefficient (Wildman–Crippen LogP) is 2.58. The largest absolute Gasteiger partial charge is 0.461 e. The summed E-state index contributed by atoms with van der Waals surface area (Å²) in [5.74, 6) is 2.78. The maximum Gasteiger partial charge on any atom is 0.217 e. The molecule has 0 aliphatic heterocycles. The summed E-state index contributed by atoms with van der Waals surface area (Å²) >= 11 is 0. The van der Waals surface area contributed by atoms with Crippen molar-refractivity contribution in [3.8, 4) is 11.6 Å². The lowest BCUT2D eigenvalue weighted by Crippen LogP contribution is -2.21. The van der Waals surface area contributed by atoms with Crippen LogP contribution in [0.15, 0.2) is 22.8 Å². The zero-order valence-corrected chi connectivity index (χ0v) is 11.1. The molecule has 0 saturated heterocycles. The van der Waals surface area contributed by atoms with Gasteiger partial charge in [-0.25, -0.2) is 9.67 Å². The van der Waals surface area contributed by atoms with E-state index in [0.29, 0.717) is 24.0 Å². The summed E-state index contributed by atoms with van der Waals surface area (Å²) in [6.45, 7) is 2.48. The van der Waals surface area contributed by atoms with E-state index < -0.39 is 0 Å². The first-order valence-electron chi connectivity index (χ1n) is 6.94. The van der Waals surface area contributed by atoms with Gasteiger partial charge in [-0.05, 0) is 31.4 Å². The standard InChI is InChI=1S/C14H19N3O2/c1-2-11(18)9-17-14(10-5-3-6-10)15-13(16-17)12-7-4-8-19-12/h4,7-8,10-11,18H,2-3,5-6,9H2,1H3/t11-/m0/s1. The van der Waals surface area contributed by atoms with Gasteiger partial charge in [0.25, 0.3) is 0 Å². The zero-order valence-electron chi connectivity index (χ0n) is 11.1. The van der Waals surface area contributed by atoms with Gasteiger partial charge in [-0.1, -0.05) is 13.3 Å². The van der Waals surface area contributed by atoms with Crippen LogP contribution >= 0.6 is 0 Å². The summed E-state index contributed by atoms with van der Waals surface area (Å²) in [5, 5.41) is 14.3. The minimum absolute atomic E-state index is 0.370. The molecule has 19 heavy (non-hydrogen) atoms. The number of rotatable bonds is 5. The lowest BCUT2D eigenvalue weighted by Gasteiger charge is -2.25. The number of aliphatic hydroxyl groups is 1. The fourth-order valence-corrected chi connectivity index (χ4v) is 2.30. The zero-order chi connectivity index (χ0) is 13.2. The Hall–Kier alpha value is -1.62. The predicted molar refractivity (Wildman–Crippen MR) is 70.6 cm³/mol. The molecule has 2 heterocycles. The van der Waals surface area contributed by atoms with E-state index in [1.54, 1.807) is 6.26 Å². The van der Waals surface area contributed by atoms with Crippen molar-refractivity contribution in [3.63, 3.8) is 0 Å². The van der Waals surface area contributed by atoms with Gasteiger partial charge in [0.1, 0.15) is 5.82 Å². The third-order valence-corrected chi connectivity index (χ3v) is 3.77. The normalized spacial score (nSPS) is 17.4. The molecule has 1 saturated carbocycles. The number of furan rings is 1. The van der Waals surface area contributed by atoms with Crippen LogP contribution in [-0.4, -0.2) is 26.0 Å². The second-order valence-electron chi connectivity index (χ2n) is 5.14. The van der Waals surface area contributed by atoms with Crippen molar-refractivity contribution in [3.05, 3.63) is 24.2 Å². The van der Waals surface area contributed by atoms with Crippen molar-refractivity contribution < 1.29 is 9.52 Å². The third kappa shape index (κ3) is 2.42. The highest BCUT2D eigenvalue weighted by Gasteiger charge is 2.27. The summed E-state index contributed by atoms with van der Waals surface area (Å²) in [5.41, 5.74) is 0. The SMILES string of the molecule is CC[C@H](O)Cn1nc(-c2ccco2)nc1C1CCC1. The molecule has 0 radical (unpaired) electrons. The highest BCUT2D eigenvalue weighted by Crippen LogP contribution is 2.36. The van der Waals surface area contributed by atoms with Crippen molar-refractivity contribution >= 4 is 0 Å². The molecule has 5 heteroatoms. The fourth-order valence-electron chi connectivity index (χ4n) is 2.30. The van der Waals surface area contributed by atoms with E-state index in [1.807, 2.05) is 23.7 Å². The van der Waals surface area contributed by atoms with Gasteiger partial charge in [0.05, 0.1) is 18.9 Å². The molecule has 1 fully saturated rings. The Bertz CT molecular complexity index is 529. The Morgan fingerprint density at radius 1 is 1.53 bits per heavy atom. The van der Waals surface area contributed by atoms with Crippen LogP contribution in [0, 0.1) is 0 Å². The topological polar surface area (TPSA) is 64.1 Å². The Morgan fingerprint density at radius 3 is 2.95 bits per heavy atom. The molecule has 1 aliphatic carbocycles. The van der Waals surface area contributed by atoms with E-state index in [1.165, 1.54) is 19.3 Å². The van der Waals surface area contributed by atoms with E-state index in [2.05, 4.69) is 10.1 Å². The number of aromatic nitrogens is 3. The average molecular weight is 261 g/mol. The Morgan fingerprint density at radius 2 is 2.37 bits per heavy atom. The third-order valence-electron chi connectivity index (χ3n) is 3.77. The van der Waals surface area contributed by atoms with E-state index in [4.69, 9.17) is 4.42 Å². The van der Waals surface area contributed by atoms with Crippen LogP contribution in [0.5, 0.6) is 0 Å². The lowest BCUT2D eigenvalue weighted by atomic mass is 9.85. The molecule has 1 aliphatic rings. The van der Waals surface area contributed by atoms with Crippen LogP contribution < -0.4 is 0 Å². The molecule has 0 spiro atoms. The number of hydrogen-bond donors (Lipinski definition) is 1. The molecule has 0 aromatic carbocycles. The summed E-state index contributed by atoms with van der Waals surface area (Å²) in [6.07, 6.45) is 5.56. The fraction of sp³-hybridized carbons (Fsp3) is 0.571. The van der Waals surface area contributed by atoms with Crippen molar-refractivity contribution in [1.29, 1.82) is 0 Å². The molecule has 1 N–H and O–H groups in total. The number of aliphatic hydroxyl groups excluding tert-OH is 1. The molecule has 2 aromatic rings. The second-order valence-corrected chi connectivity index (χ2v) is 5.14. The average Bonchev–Trinajstić information content (AvgIpc) is 2.97.